The summed E-state index contributed by atoms with van der Waals surface area (Å²) in [5, 5.41) is 1.30. The van der Waals surface area contributed by atoms with Gasteiger partial charge in [-0.15, -0.1) is 11.6 Å². The Morgan fingerprint density at radius 2 is 1.53 bits per heavy atom. The van der Waals surface area contributed by atoms with Gasteiger partial charge >= 0.3 is 0 Å². The average Bonchev–Trinajstić information content (AvgIpc) is 2.20. The van der Waals surface area contributed by atoms with Gasteiger partial charge in [0.15, 0.2) is 0 Å². The molecular weight excluding hydrogens is 297 g/mol. The minimum atomic E-state index is 0.313. The van der Waals surface area contributed by atoms with E-state index in [0.717, 1.165) is 0 Å². The molecule has 0 unspecified atom stereocenters. The van der Waals surface area contributed by atoms with Crippen LogP contribution >= 0.6 is 58.0 Å². The fourth-order valence-corrected chi connectivity index (χ4v) is 1.88. The van der Waals surface area contributed by atoms with Crippen LogP contribution in [-0.4, -0.2) is 5.88 Å². The van der Waals surface area contributed by atoms with Crippen molar-refractivity contribution in [3.63, 3.8) is 0 Å². The number of hydrogen-bond acceptors (Lipinski definition) is 0. The van der Waals surface area contributed by atoms with Crippen molar-refractivity contribution in [3.8, 4) is 11.8 Å². The predicted octanol–water partition coefficient (Wildman–Crippen LogP) is 5.28. The molecule has 0 spiro atoms. The molecule has 0 atom stereocenters. The largest absolute Gasteiger partial charge is 0.126 e. The van der Waals surface area contributed by atoms with Gasteiger partial charge in [-0.3, -0.25) is 0 Å². The van der Waals surface area contributed by atoms with Crippen LogP contribution in [0.25, 0.3) is 0 Å². The van der Waals surface area contributed by atoms with Crippen molar-refractivity contribution < 1.29 is 0 Å². The monoisotopic (exact) mass is 300 g/mol. The van der Waals surface area contributed by atoms with Crippen LogP contribution in [0.3, 0.4) is 0 Å². The molecule has 0 aliphatic heterocycles. The second-order valence-corrected chi connectivity index (χ2v) is 4.53. The molecule has 0 aliphatic carbocycles. The number of benzene rings is 1. The van der Waals surface area contributed by atoms with Gasteiger partial charge in [0.1, 0.15) is 0 Å². The molecule has 0 aromatic heterocycles. The normalized spacial score (nSPS) is 9.67. The zero-order valence-corrected chi connectivity index (χ0v) is 11.2. The van der Waals surface area contributed by atoms with Gasteiger partial charge in [0.05, 0.1) is 25.7 Å². The van der Waals surface area contributed by atoms with E-state index >= 15 is 0 Å². The van der Waals surface area contributed by atoms with Crippen LogP contribution < -0.4 is 0 Å². The minimum Gasteiger partial charge on any atom is -0.126 e. The van der Waals surface area contributed by atoms with E-state index in [2.05, 4.69) is 11.8 Å². The van der Waals surface area contributed by atoms with E-state index in [9.17, 15) is 0 Å². The molecule has 80 valence electrons. The van der Waals surface area contributed by atoms with Crippen molar-refractivity contribution in [1.29, 1.82) is 0 Å². The molecule has 0 bridgehead atoms. The SMILES string of the molecule is ClCCC#Cc1c(Cl)c(Cl)cc(Cl)c1Cl. The van der Waals surface area contributed by atoms with Gasteiger partial charge in [0.25, 0.3) is 0 Å². The number of alkyl halides is 1. The van der Waals surface area contributed by atoms with E-state index in [4.69, 9.17) is 58.0 Å². The highest BCUT2D eigenvalue weighted by molar-refractivity contribution is 6.48. The molecule has 0 N–H and O–H groups in total. The lowest BCUT2D eigenvalue weighted by atomic mass is 10.2. The minimum absolute atomic E-state index is 0.313. The molecular formula is C10H5Cl5. The highest BCUT2D eigenvalue weighted by Gasteiger charge is 2.11. The molecule has 0 fully saturated rings. The summed E-state index contributed by atoms with van der Waals surface area (Å²) in [6.45, 7) is 0. The summed E-state index contributed by atoms with van der Waals surface area (Å²) in [7, 11) is 0. The van der Waals surface area contributed by atoms with Gasteiger partial charge in [0, 0.05) is 12.3 Å². The molecule has 1 rings (SSSR count). The van der Waals surface area contributed by atoms with Crippen molar-refractivity contribution in [1.82, 2.24) is 0 Å². The van der Waals surface area contributed by atoms with Crippen molar-refractivity contribution in [2.75, 3.05) is 5.88 Å². The molecule has 0 amide bonds. The van der Waals surface area contributed by atoms with Crippen molar-refractivity contribution >= 4 is 58.0 Å². The highest BCUT2D eigenvalue weighted by Crippen LogP contribution is 2.36. The Balaban J connectivity index is 3.23. The third-order valence-corrected chi connectivity index (χ3v) is 3.31. The van der Waals surface area contributed by atoms with Gasteiger partial charge in [-0.05, 0) is 6.07 Å². The van der Waals surface area contributed by atoms with Crippen LogP contribution in [0, 0.1) is 11.8 Å². The maximum Gasteiger partial charge on any atom is 0.0764 e. The van der Waals surface area contributed by atoms with Crippen LogP contribution in [0.5, 0.6) is 0 Å². The first-order valence-corrected chi connectivity index (χ1v) is 6.00. The Kier molecular flexibility index (Phi) is 5.39. The first-order chi connectivity index (χ1) is 7.07. The molecule has 15 heavy (non-hydrogen) atoms. The summed E-state index contributed by atoms with van der Waals surface area (Å²) in [4.78, 5) is 0. The third-order valence-electron chi connectivity index (χ3n) is 1.54. The van der Waals surface area contributed by atoms with E-state index in [1.807, 2.05) is 0 Å². The summed E-state index contributed by atoms with van der Waals surface area (Å²) < 4.78 is 0. The van der Waals surface area contributed by atoms with Gasteiger partial charge in [-0.2, -0.15) is 0 Å². The van der Waals surface area contributed by atoms with Crippen LogP contribution in [-0.2, 0) is 0 Å². The summed E-state index contributed by atoms with van der Waals surface area (Å²) in [5.74, 6) is 6.07. The molecule has 0 aliphatic rings. The number of rotatable bonds is 1. The Hall–Kier alpha value is 0.230. The fourth-order valence-electron chi connectivity index (χ4n) is 0.881. The van der Waals surface area contributed by atoms with Gasteiger partial charge in [-0.25, -0.2) is 0 Å². The van der Waals surface area contributed by atoms with Crippen LogP contribution in [0.1, 0.15) is 12.0 Å². The van der Waals surface area contributed by atoms with E-state index in [0.29, 0.717) is 38.0 Å². The Bertz CT molecular complexity index is 401. The number of hydrogen-bond donors (Lipinski definition) is 0. The molecule has 0 saturated carbocycles. The zero-order valence-electron chi connectivity index (χ0n) is 7.38. The van der Waals surface area contributed by atoms with Gasteiger partial charge < -0.3 is 0 Å². The molecule has 0 saturated heterocycles. The van der Waals surface area contributed by atoms with E-state index in [-0.39, 0.29) is 0 Å². The fraction of sp³-hybridized carbons (Fsp3) is 0.200. The average molecular weight is 302 g/mol. The summed E-state index contributed by atoms with van der Waals surface area (Å²) >= 11 is 29.0. The molecule has 0 radical (unpaired) electrons. The second-order valence-electron chi connectivity index (χ2n) is 2.58. The lowest BCUT2D eigenvalue weighted by Gasteiger charge is -2.04. The quantitative estimate of drug-likeness (QED) is 0.376. The van der Waals surface area contributed by atoms with Crippen molar-refractivity contribution in [2.24, 2.45) is 0 Å². The molecule has 0 nitrogen and oxygen atoms in total. The van der Waals surface area contributed by atoms with E-state index in [1.54, 1.807) is 0 Å². The molecule has 5 heteroatoms. The maximum absolute atomic E-state index is 5.94. The zero-order chi connectivity index (χ0) is 11.4. The molecule has 0 heterocycles. The second kappa shape index (κ2) is 6.09. The van der Waals surface area contributed by atoms with E-state index in [1.165, 1.54) is 6.07 Å². The topological polar surface area (TPSA) is 0 Å². The van der Waals surface area contributed by atoms with E-state index < -0.39 is 0 Å². The first-order valence-electron chi connectivity index (χ1n) is 3.95. The Morgan fingerprint density at radius 1 is 1.00 bits per heavy atom. The summed E-state index contributed by atoms with van der Waals surface area (Å²) in [5.41, 5.74) is 0.445. The predicted molar refractivity (Wildman–Crippen MR) is 68.7 cm³/mol. The van der Waals surface area contributed by atoms with Crippen molar-refractivity contribution in [2.45, 2.75) is 6.42 Å². The number of halogens is 5. The summed E-state index contributed by atoms with van der Waals surface area (Å²) in [6, 6.07) is 1.49. The summed E-state index contributed by atoms with van der Waals surface area (Å²) in [6.07, 6.45) is 0.554. The van der Waals surface area contributed by atoms with Crippen LogP contribution in [0.2, 0.25) is 20.1 Å². The van der Waals surface area contributed by atoms with Crippen LogP contribution in [0.15, 0.2) is 6.07 Å². The molecule has 1 aromatic rings. The van der Waals surface area contributed by atoms with Gasteiger partial charge in [-0.1, -0.05) is 58.2 Å². The lowest BCUT2D eigenvalue weighted by Crippen LogP contribution is -1.83. The first kappa shape index (κ1) is 13.3. The Morgan fingerprint density at radius 3 is 2.00 bits per heavy atom. The lowest BCUT2D eigenvalue weighted by molar-refractivity contribution is 1.29. The third kappa shape index (κ3) is 3.34. The van der Waals surface area contributed by atoms with Crippen LogP contribution in [0.4, 0.5) is 0 Å². The van der Waals surface area contributed by atoms with Gasteiger partial charge in [0.2, 0.25) is 0 Å². The molecule has 1 aromatic carbocycles. The Labute approximate surface area is 113 Å². The standard InChI is InChI=1S/C10H5Cl5/c11-4-2-1-3-6-9(14)7(12)5-8(13)10(6)15/h5H,2,4H2. The highest BCUT2D eigenvalue weighted by atomic mass is 35.5. The maximum atomic E-state index is 5.94. The smallest absolute Gasteiger partial charge is 0.0764 e. The van der Waals surface area contributed by atoms with Crippen molar-refractivity contribution in [3.05, 3.63) is 31.7 Å².